The topological polar surface area (TPSA) is 88.5 Å². The Morgan fingerprint density at radius 3 is 2.55 bits per heavy atom. The first-order chi connectivity index (χ1) is 18.4. The fourth-order valence-electron chi connectivity index (χ4n) is 5.25. The highest BCUT2D eigenvalue weighted by Crippen LogP contribution is 2.31. The maximum Gasteiger partial charge on any atom is 0.310 e. The quantitative estimate of drug-likeness (QED) is 0.235. The van der Waals surface area contributed by atoms with Gasteiger partial charge in [-0.1, -0.05) is 83.1 Å². The van der Waals surface area contributed by atoms with Crippen LogP contribution in [0.3, 0.4) is 0 Å². The minimum absolute atomic E-state index is 0.0469. The number of ether oxygens (including phenoxy) is 1. The molecule has 0 unspecified atom stereocenters. The summed E-state index contributed by atoms with van der Waals surface area (Å²) in [6.07, 6.45) is 15.4. The maximum absolute atomic E-state index is 12.6. The highest BCUT2D eigenvalue weighted by Gasteiger charge is 2.37. The van der Waals surface area contributed by atoms with Crippen molar-refractivity contribution in [3.63, 3.8) is 0 Å². The molecule has 6 nitrogen and oxygen atoms in total. The van der Waals surface area contributed by atoms with E-state index in [1.54, 1.807) is 6.07 Å². The number of carbonyl (C=O) groups is 2. The third-order valence-corrected chi connectivity index (χ3v) is 7.88. The second-order valence-electron chi connectivity index (χ2n) is 10.6. The van der Waals surface area contributed by atoms with Gasteiger partial charge >= 0.3 is 5.97 Å². The van der Waals surface area contributed by atoms with Gasteiger partial charge in [0.05, 0.1) is 23.4 Å². The van der Waals surface area contributed by atoms with Crippen LogP contribution in [-0.4, -0.2) is 28.6 Å². The summed E-state index contributed by atoms with van der Waals surface area (Å²) in [7, 11) is 0. The van der Waals surface area contributed by atoms with E-state index in [9.17, 15) is 14.7 Å². The van der Waals surface area contributed by atoms with Crippen molar-refractivity contribution < 1.29 is 19.4 Å². The highest BCUT2D eigenvalue weighted by atomic mass is 16.5. The van der Waals surface area contributed by atoms with Crippen molar-refractivity contribution in [3.05, 3.63) is 59.4 Å². The molecule has 1 aromatic carbocycles. The third-order valence-electron chi connectivity index (χ3n) is 7.88. The van der Waals surface area contributed by atoms with Gasteiger partial charge in [0, 0.05) is 18.7 Å². The molecule has 1 aliphatic rings. The summed E-state index contributed by atoms with van der Waals surface area (Å²) in [6, 6.07) is 13.4. The second kappa shape index (κ2) is 15.4. The number of unbranched alkanes of at least 4 members (excludes halogenated alkanes) is 1. The van der Waals surface area contributed by atoms with Crippen LogP contribution >= 0.6 is 0 Å². The predicted molar refractivity (Wildman–Crippen MR) is 154 cm³/mol. The Kier molecular flexibility index (Phi) is 12.0. The van der Waals surface area contributed by atoms with E-state index in [1.807, 2.05) is 62.4 Å². The Morgan fingerprint density at radius 2 is 1.82 bits per heavy atom. The Labute approximate surface area is 227 Å². The standard InChI is InChI=1S/C32H44N2O4/c1-3-32(4-2,31(36)37)23-30(35)34-28-17-10-15-26(22-28)19-20-27-16-11-18-29(33-27)24-38-21-9-8-14-25-12-6-5-7-13-25/h10-11,15-20,22,25H,3-9,12-14,21,23-24H2,1-2H3,(H,34,35)(H,36,37)/b20-19+. The van der Waals surface area contributed by atoms with Gasteiger partial charge in [-0.15, -0.1) is 0 Å². The van der Waals surface area contributed by atoms with Crippen LogP contribution in [0.2, 0.25) is 0 Å². The van der Waals surface area contributed by atoms with Gasteiger partial charge in [-0.05, 0) is 61.1 Å². The zero-order chi connectivity index (χ0) is 27.2. The molecule has 1 aromatic heterocycles. The number of benzene rings is 1. The van der Waals surface area contributed by atoms with E-state index in [0.717, 1.165) is 35.9 Å². The predicted octanol–water partition coefficient (Wildman–Crippen LogP) is 7.74. The number of nitrogens with one attached hydrogen (secondary N) is 1. The number of aliphatic carboxylic acids is 1. The fraction of sp³-hybridized carbons (Fsp3) is 0.531. The number of hydrogen-bond donors (Lipinski definition) is 2. The number of anilines is 1. The molecule has 1 heterocycles. The summed E-state index contributed by atoms with van der Waals surface area (Å²) in [6.45, 7) is 4.91. The van der Waals surface area contributed by atoms with Crippen LogP contribution in [0.1, 0.15) is 101 Å². The number of amides is 1. The lowest BCUT2D eigenvalue weighted by Gasteiger charge is -2.25. The van der Waals surface area contributed by atoms with Crippen LogP contribution in [0.4, 0.5) is 5.69 Å². The SMILES string of the molecule is CCC(CC)(CC(=O)Nc1cccc(/C=C/c2cccc(COCCCCC3CCCCC3)n2)c1)C(=O)O. The van der Waals surface area contributed by atoms with Crippen LogP contribution in [0.5, 0.6) is 0 Å². The Morgan fingerprint density at radius 1 is 1.05 bits per heavy atom. The van der Waals surface area contributed by atoms with E-state index in [4.69, 9.17) is 4.74 Å². The van der Waals surface area contributed by atoms with Gasteiger partial charge in [0.2, 0.25) is 5.91 Å². The number of carboxylic acids is 1. The minimum atomic E-state index is -1.03. The van der Waals surface area contributed by atoms with Crippen molar-refractivity contribution in [2.24, 2.45) is 11.3 Å². The Hall–Kier alpha value is -2.99. The largest absolute Gasteiger partial charge is 0.481 e. The summed E-state index contributed by atoms with van der Waals surface area (Å²) in [5.41, 5.74) is 2.28. The number of aromatic nitrogens is 1. The van der Waals surface area contributed by atoms with E-state index in [1.165, 1.54) is 44.9 Å². The number of hydrogen-bond acceptors (Lipinski definition) is 4. The molecule has 1 saturated carbocycles. The molecule has 1 amide bonds. The molecule has 0 bridgehead atoms. The van der Waals surface area contributed by atoms with Gasteiger partial charge in [-0.2, -0.15) is 0 Å². The molecule has 0 saturated heterocycles. The van der Waals surface area contributed by atoms with Crippen LogP contribution in [0, 0.1) is 11.3 Å². The molecular weight excluding hydrogens is 476 g/mol. The minimum Gasteiger partial charge on any atom is -0.481 e. The normalized spacial score (nSPS) is 14.6. The molecule has 206 valence electrons. The molecule has 3 rings (SSSR count). The average molecular weight is 521 g/mol. The lowest BCUT2D eigenvalue weighted by atomic mass is 9.79. The van der Waals surface area contributed by atoms with Gasteiger partial charge in [-0.3, -0.25) is 14.6 Å². The Bertz CT molecular complexity index is 1050. The molecule has 0 aliphatic heterocycles. The van der Waals surface area contributed by atoms with Crippen LogP contribution < -0.4 is 5.32 Å². The Balaban J connectivity index is 1.46. The van der Waals surface area contributed by atoms with Crippen molar-refractivity contribution in [2.75, 3.05) is 11.9 Å². The van der Waals surface area contributed by atoms with E-state index in [-0.39, 0.29) is 12.3 Å². The van der Waals surface area contributed by atoms with Gasteiger partial charge in [0.15, 0.2) is 0 Å². The van der Waals surface area contributed by atoms with Gasteiger partial charge in [0.25, 0.3) is 0 Å². The van der Waals surface area contributed by atoms with Gasteiger partial charge in [0.1, 0.15) is 0 Å². The first-order valence-electron chi connectivity index (χ1n) is 14.3. The molecule has 0 atom stereocenters. The van der Waals surface area contributed by atoms with Gasteiger partial charge in [-0.25, -0.2) is 0 Å². The van der Waals surface area contributed by atoms with E-state index >= 15 is 0 Å². The number of rotatable bonds is 15. The molecule has 6 heteroatoms. The van der Waals surface area contributed by atoms with Crippen molar-refractivity contribution in [3.8, 4) is 0 Å². The monoisotopic (exact) mass is 520 g/mol. The van der Waals surface area contributed by atoms with Crippen molar-refractivity contribution in [1.82, 2.24) is 4.98 Å². The first-order valence-corrected chi connectivity index (χ1v) is 14.3. The number of carbonyl (C=O) groups excluding carboxylic acids is 1. The van der Waals surface area contributed by atoms with E-state index in [2.05, 4.69) is 10.3 Å². The molecule has 0 spiro atoms. The first kappa shape index (κ1) is 29.6. The fourth-order valence-corrected chi connectivity index (χ4v) is 5.25. The number of carboxylic acid groups (broad SMARTS) is 1. The molecule has 1 aliphatic carbocycles. The number of nitrogens with zero attached hydrogens (tertiary/aromatic N) is 1. The molecule has 2 aromatic rings. The van der Waals surface area contributed by atoms with Crippen molar-refractivity contribution in [1.29, 1.82) is 0 Å². The average Bonchev–Trinajstić information content (AvgIpc) is 2.93. The summed E-state index contributed by atoms with van der Waals surface area (Å²) < 4.78 is 5.88. The van der Waals surface area contributed by atoms with Crippen molar-refractivity contribution in [2.45, 2.75) is 91.1 Å². The summed E-state index contributed by atoms with van der Waals surface area (Å²) in [4.78, 5) is 29.0. The second-order valence-corrected chi connectivity index (χ2v) is 10.6. The molecule has 38 heavy (non-hydrogen) atoms. The maximum atomic E-state index is 12.6. The lowest BCUT2D eigenvalue weighted by molar-refractivity contribution is -0.151. The molecular formula is C32H44N2O4. The molecule has 1 fully saturated rings. The lowest BCUT2D eigenvalue weighted by Crippen LogP contribution is -2.34. The summed E-state index contributed by atoms with van der Waals surface area (Å²) in [5, 5.41) is 12.5. The third kappa shape index (κ3) is 9.39. The van der Waals surface area contributed by atoms with E-state index in [0.29, 0.717) is 25.1 Å². The zero-order valence-corrected chi connectivity index (χ0v) is 23.1. The van der Waals surface area contributed by atoms with Crippen LogP contribution in [-0.2, 0) is 20.9 Å². The highest BCUT2D eigenvalue weighted by molar-refractivity contribution is 5.94. The summed E-state index contributed by atoms with van der Waals surface area (Å²) in [5.74, 6) is -0.283. The molecule has 2 N–H and O–H groups in total. The van der Waals surface area contributed by atoms with E-state index < -0.39 is 11.4 Å². The van der Waals surface area contributed by atoms with Gasteiger partial charge < -0.3 is 15.2 Å². The number of pyridine rings is 1. The zero-order valence-electron chi connectivity index (χ0n) is 23.1. The smallest absolute Gasteiger partial charge is 0.310 e. The van der Waals surface area contributed by atoms with Crippen LogP contribution in [0.25, 0.3) is 12.2 Å². The van der Waals surface area contributed by atoms with Crippen molar-refractivity contribution >= 4 is 29.7 Å². The van der Waals surface area contributed by atoms with Crippen LogP contribution in [0.15, 0.2) is 42.5 Å². The molecule has 0 radical (unpaired) electrons. The summed E-state index contributed by atoms with van der Waals surface area (Å²) >= 11 is 0.